The van der Waals surface area contributed by atoms with Crippen LogP contribution in [0.2, 0.25) is 0 Å². The fourth-order valence-corrected chi connectivity index (χ4v) is 5.04. The van der Waals surface area contributed by atoms with Crippen LogP contribution in [0.25, 0.3) is 10.9 Å². The Kier molecular flexibility index (Phi) is 11.4. The Balaban J connectivity index is 0.000000367. The van der Waals surface area contributed by atoms with E-state index in [0.29, 0.717) is 11.3 Å². The monoisotopic (exact) mass is 627 g/mol. The molecule has 0 amide bonds. The van der Waals surface area contributed by atoms with Gasteiger partial charge in [-0.2, -0.15) is 26.3 Å². The predicted molar refractivity (Wildman–Crippen MR) is 138 cm³/mol. The normalized spacial score (nSPS) is 14.8. The minimum Gasteiger partial charge on any atom is -0.497 e. The van der Waals surface area contributed by atoms with E-state index >= 15 is 0 Å². The van der Waals surface area contributed by atoms with E-state index in [9.17, 15) is 34.8 Å². The first kappa shape index (κ1) is 34.4. The first-order chi connectivity index (χ1) is 19.4. The lowest BCUT2D eigenvalue weighted by Gasteiger charge is -2.32. The molecule has 17 heteroatoms. The fraction of sp³-hybridized carbons (Fsp3) is 0.360. The van der Waals surface area contributed by atoms with Gasteiger partial charge in [-0.25, -0.2) is 22.0 Å². The molecule has 3 aromatic rings. The molecule has 1 saturated heterocycles. The van der Waals surface area contributed by atoms with Crippen molar-refractivity contribution in [3.05, 3.63) is 60.3 Å². The smallest absolute Gasteiger partial charge is 0.490 e. The van der Waals surface area contributed by atoms with Gasteiger partial charge in [-0.1, -0.05) is 18.2 Å². The molecule has 4 rings (SSSR count). The van der Waals surface area contributed by atoms with E-state index in [4.69, 9.17) is 24.5 Å². The number of nitrogens with zero attached hydrogens (tertiary/aromatic N) is 3. The number of carboxylic acids is 2. The van der Waals surface area contributed by atoms with Gasteiger partial charge in [0.25, 0.3) is 10.0 Å². The Bertz CT molecular complexity index is 1440. The van der Waals surface area contributed by atoms with Crippen molar-refractivity contribution in [2.75, 3.05) is 40.3 Å². The maximum absolute atomic E-state index is 13.2. The number of carboxylic acid groups (broad SMARTS) is 2. The van der Waals surface area contributed by atoms with Gasteiger partial charge >= 0.3 is 24.3 Å². The number of piperazine rings is 1. The highest BCUT2D eigenvalue weighted by molar-refractivity contribution is 7.90. The van der Waals surface area contributed by atoms with Crippen LogP contribution in [0.15, 0.2) is 59.6 Å². The van der Waals surface area contributed by atoms with Gasteiger partial charge in [0.2, 0.25) is 0 Å². The maximum atomic E-state index is 13.2. The molecule has 1 fully saturated rings. The Morgan fingerprint density at radius 3 is 1.83 bits per heavy atom. The molecule has 42 heavy (non-hydrogen) atoms. The number of halogens is 6. The summed E-state index contributed by atoms with van der Waals surface area (Å²) < 4.78 is 96.6. The Morgan fingerprint density at radius 1 is 0.881 bits per heavy atom. The van der Waals surface area contributed by atoms with Crippen LogP contribution in [0, 0.1) is 0 Å². The van der Waals surface area contributed by atoms with Gasteiger partial charge < -0.3 is 19.8 Å². The SMILES string of the molecule is COc1cc(CN2CCN(C)CC2)c2ccn(S(=O)(=O)c3ccccc3)c2c1.O=C(O)C(F)(F)F.O=C(O)C(F)(F)F. The van der Waals surface area contributed by atoms with Crippen molar-refractivity contribution < 1.29 is 59.3 Å². The summed E-state index contributed by atoms with van der Waals surface area (Å²) in [5.41, 5.74) is 1.73. The number of likely N-dealkylation sites (N-methyl/N-ethyl adjacent to an activating group) is 1. The second-order valence-electron chi connectivity index (χ2n) is 8.83. The van der Waals surface area contributed by atoms with Crippen LogP contribution in [0.3, 0.4) is 0 Å². The summed E-state index contributed by atoms with van der Waals surface area (Å²) in [5.74, 6) is -4.85. The van der Waals surface area contributed by atoms with Crippen LogP contribution < -0.4 is 4.74 Å². The van der Waals surface area contributed by atoms with Crippen LogP contribution >= 0.6 is 0 Å². The van der Waals surface area contributed by atoms with E-state index in [2.05, 4.69) is 16.8 Å². The topological polar surface area (TPSA) is 129 Å². The van der Waals surface area contributed by atoms with E-state index < -0.39 is 34.3 Å². The van der Waals surface area contributed by atoms with Crippen molar-refractivity contribution in [1.82, 2.24) is 13.8 Å². The number of hydrogen-bond donors (Lipinski definition) is 2. The third-order valence-corrected chi connectivity index (χ3v) is 7.55. The lowest BCUT2D eigenvalue weighted by molar-refractivity contribution is -0.193. The van der Waals surface area contributed by atoms with E-state index in [1.165, 1.54) is 3.97 Å². The third-order valence-electron chi connectivity index (χ3n) is 5.84. The Morgan fingerprint density at radius 2 is 1.38 bits per heavy atom. The summed E-state index contributed by atoms with van der Waals surface area (Å²) >= 11 is 0. The molecule has 2 N–H and O–H groups in total. The molecule has 1 aliphatic heterocycles. The summed E-state index contributed by atoms with van der Waals surface area (Å²) in [5, 5.41) is 15.2. The van der Waals surface area contributed by atoms with Gasteiger partial charge in [-0.3, -0.25) is 4.90 Å². The molecule has 0 bridgehead atoms. The number of benzene rings is 2. The number of methoxy groups -OCH3 is 1. The van der Waals surface area contributed by atoms with Gasteiger partial charge in [0.1, 0.15) is 5.75 Å². The summed E-state index contributed by atoms with van der Waals surface area (Å²) in [4.78, 5) is 22.8. The summed E-state index contributed by atoms with van der Waals surface area (Å²) in [6, 6.07) is 14.2. The molecule has 2 aromatic carbocycles. The first-order valence-electron chi connectivity index (χ1n) is 11.9. The molecule has 232 valence electrons. The quantitative estimate of drug-likeness (QED) is 0.405. The van der Waals surface area contributed by atoms with Crippen LogP contribution in [0.4, 0.5) is 26.3 Å². The first-order valence-corrected chi connectivity index (χ1v) is 13.3. The zero-order valence-corrected chi connectivity index (χ0v) is 23.0. The number of rotatable bonds is 5. The van der Waals surface area contributed by atoms with Crippen molar-refractivity contribution in [1.29, 1.82) is 0 Å². The zero-order valence-electron chi connectivity index (χ0n) is 22.2. The molecule has 2 heterocycles. The van der Waals surface area contributed by atoms with Gasteiger partial charge in [0.05, 0.1) is 17.5 Å². The number of hydrogen-bond acceptors (Lipinski definition) is 7. The van der Waals surface area contributed by atoms with Gasteiger partial charge in [0, 0.05) is 50.4 Å². The lowest BCUT2D eigenvalue weighted by atomic mass is 10.1. The number of carbonyl (C=O) groups is 2. The molecule has 10 nitrogen and oxygen atoms in total. The summed E-state index contributed by atoms with van der Waals surface area (Å²) in [6.07, 6.45) is -8.53. The number of ether oxygens (including phenoxy) is 1. The third kappa shape index (κ3) is 9.35. The van der Waals surface area contributed by atoms with Crippen molar-refractivity contribution >= 4 is 32.9 Å². The molecule has 1 aliphatic rings. The van der Waals surface area contributed by atoms with Gasteiger partial charge in [-0.05, 0) is 36.9 Å². The molecule has 0 spiro atoms. The summed E-state index contributed by atoms with van der Waals surface area (Å²) in [6.45, 7) is 4.85. The van der Waals surface area contributed by atoms with Crippen LogP contribution in [0.1, 0.15) is 5.56 Å². The maximum Gasteiger partial charge on any atom is 0.490 e. The fourth-order valence-electron chi connectivity index (χ4n) is 3.68. The van der Waals surface area contributed by atoms with E-state index in [1.807, 2.05) is 18.2 Å². The number of fused-ring (bicyclic) bond motifs is 1. The van der Waals surface area contributed by atoms with Crippen molar-refractivity contribution in [3.63, 3.8) is 0 Å². The minimum atomic E-state index is -5.08. The van der Waals surface area contributed by atoms with E-state index in [1.54, 1.807) is 43.6 Å². The molecular weight excluding hydrogens is 600 g/mol. The van der Waals surface area contributed by atoms with E-state index in [-0.39, 0.29) is 4.90 Å². The van der Waals surface area contributed by atoms with E-state index in [0.717, 1.165) is 43.7 Å². The average Bonchev–Trinajstić information content (AvgIpc) is 3.35. The Hall–Kier alpha value is -3.83. The van der Waals surface area contributed by atoms with Gasteiger partial charge in [-0.15, -0.1) is 0 Å². The van der Waals surface area contributed by atoms with Crippen molar-refractivity contribution in [3.8, 4) is 5.75 Å². The predicted octanol–water partition coefficient (Wildman–Crippen LogP) is 3.90. The molecule has 0 unspecified atom stereocenters. The lowest BCUT2D eigenvalue weighted by Crippen LogP contribution is -2.43. The zero-order chi connectivity index (χ0) is 31.9. The minimum absolute atomic E-state index is 0.274. The molecular formula is C25H27F6N3O7S. The van der Waals surface area contributed by atoms with Crippen LogP contribution in [0.5, 0.6) is 5.75 Å². The van der Waals surface area contributed by atoms with Crippen LogP contribution in [-0.2, 0) is 26.2 Å². The largest absolute Gasteiger partial charge is 0.497 e. The highest BCUT2D eigenvalue weighted by atomic mass is 32.2. The summed E-state index contributed by atoms with van der Waals surface area (Å²) in [7, 11) is 0.0819. The van der Waals surface area contributed by atoms with Crippen LogP contribution in [-0.4, -0.2) is 97.0 Å². The number of alkyl halides is 6. The molecule has 0 saturated carbocycles. The second-order valence-corrected chi connectivity index (χ2v) is 10.6. The standard InChI is InChI=1S/C21H25N3O3S.2C2HF3O2/c1-22-10-12-23(13-11-22)16-17-14-18(27-2)15-21-20(17)8-9-24(21)28(25,26)19-6-4-3-5-7-19;2*3-2(4,5)1(6)7/h3-9,14-15H,10-13,16H2,1-2H3;2*(H,6,7). The van der Waals surface area contributed by atoms with Crippen molar-refractivity contribution in [2.45, 2.75) is 23.8 Å². The van der Waals surface area contributed by atoms with Crippen molar-refractivity contribution in [2.24, 2.45) is 0 Å². The Labute approximate surface area is 236 Å². The second kappa shape index (κ2) is 13.9. The number of aromatic nitrogens is 1. The number of aliphatic carboxylic acids is 2. The van der Waals surface area contributed by atoms with Gasteiger partial charge in [0.15, 0.2) is 0 Å². The molecule has 0 atom stereocenters. The highest BCUT2D eigenvalue weighted by Crippen LogP contribution is 2.30. The molecule has 1 aromatic heterocycles. The molecule has 0 aliphatic carbocycles. The average molecular weight is 628 g/mol. The highest BCUT2D eigenvalue weighted by Gasteiger charge is 2.38. The molecule has 0 radical (unpaired) electrons.